The number of benzene rings is 1. The van der Waals surface area contributed by atoms with Crippen LogP contribution in [0.25, 0.3) is 10.9 Å². The van der Waals surface area contributed by atoms with Crippen molar-refractivity contribution in [3.8, 4) is 11.5 Å². The predicted octanol–water partition coefficient (Wildman–Crippen LogP) is 2.81. The molecule has 1 saturated carbocycles. The molecule has 0 radical (unpaired) electrons. The molecule has 1 aliphatic rings. The minimum atomic E-state index is 0.121. The topological polar surface area (TPSA) is 64.6 Å². The van der Waals surface area contributed by atoms with Gasteiger partial charge in [-0.1, -0.05) is 0 Å². The second-order valence-electron chi connectivity index (χ2n) is 6.26. The van der Waals surface area contributed by atoms with Gasteiger partial charge in [0.2, 0.25) is 5.91 Å². The first-order valence-electron chi connectivity index (χ1n) is 8.26. The molecule has 6 heteroatoms. The van der Waals surface area contributed by atoms with E-state index in [1.165, 1.54) is 6.33 Å². The van der Waals surface area contributed by atoms with Crippen LogP contribution in [0, 0.1) is 0 Å². The molecule has 24 heavy (non-hydrogen) atoms. The number of carbonyl (C=O) groups is 1. The third kappa shape index (κ3) is 3.42. The largest absolute Gasteiger partial charge is 0.493 e. The van der Waals surface area contributed by atoms with Gasteiger partial charge in [0.15, 0.2) is 11.5 Å². The molecule has 3 rings (SSSR count). The Hall–Kier alpha value is -2.37. The van der Waals surface area contributed by atoms with Crippen molar-refractivity contribution < 1.29 is 14.3 Å². The van der Waals surface area contributed by atoms with E-state index in [4.69, 9.17) is 9.47 Å². The summed E-state index contributed by atoms with van der Waals surface area (Å²) in [6.45, 7) is 1.62. The Bertz CT molecular complexity index is 727. The summed E-state index contributed by atoms with van der Waals surface area (Å²) in [7, 11) is 3.51. The van der Waals surface area contributed by atoms with E-state index in [-0.39, 0.29) is 12.0 Å². The van der Waals surface area contributed by atoms with E-state index in [9.17, 15) is 4.79 Å². The van der Waals surface area contributed by atoms with Gasteiger partial charge in [0.25, 0.3) is 0 Å². The van der Waals surface area contributed by atoms with Crippen LogP contribution in [0.15, 0.2) is 24.7 Å². The number of nitrogens with zero attached hydrogens (tertiary/aromatic N) is 3. The van der Waals surface area contributed by atoms with E-state index in [1.807, 2.05) is 24.1 Å². The average molecular weight is 329 g/mol. The number of amides is 1. The molecule has 0 aliphatic heterocycles. The van der Waals surface area contributed by atoms with E-state index < -0.39 is 0 Å². The van der Waals surface area contributed by atoms with Crippen LogP contribution < -0.4 is 9.47 Å². The lowest BCUT2D eigenvalue weighted by Gasteiger charge is -2.34. The minimum absolute atomic E-state index is 0.121. The Kier molecular flexibility index (Phi) is 4.83. The molecule has 1 aromatic carbocycles. The van der Waals surface area contributed by atoms with Crippen LogP contribution in [-0.4, -0.2) is 47.1 Å². The number of hydrogen-bond acceptors (Lipinski definition) is 5. The summed E-state index contributed by atoms with van der Waals surface area (Å²) in [6.07, 6.45) is 7.20. The maximum Gasteiger partial charge on any atom is 0.219 e. The van der Waals surface area contributed by atoms with Crippen LogP contribution in [-0.2, 0) is 4.79 Å². The molecule has 0 N–H and O–H groups in total. The standard InChI is InChI=1S/C18H23N3O3/c1-12(22)21(2)14-4-6-15(7-5-14)24-18-8-13-10-19-11-20-16(13)9-17(18)23-3/h8-11,14-15H,4-7H2,1-3H3. The fraction of sp³-hybridized carbons (Fsp3) is 0.500. The number of methoxy groups -OCH3 is 1. The zero-order chi connectivity index (χ0) is 17.1. The van der Waals surface area contributed by atoms with Gasteiger partial charge in [-0.25, -0.2) is 9.97 Å². The van der Waals surface area contributed by atoms with Crippen LogP contribution in [0.4, 0.5) is 0 Å². The number of rotatable bonds is 4. The van der Waals surface area contributed by atoms with Gasteiger partial charge in [0, 0.05) is 37.7 Å². The summed E-state index contributed by atoms with van der Waals surface area (Å²) in [6, 6.07) is 4.12. The number of fused-ring (bicyclic) bond motifs is 1. The zero-order valence-corrected chi connectivity index (χ0v) is 14.4. The van der Waals surface area contributed by atoms with Gasteiger partial charge in [0.1, 0.15) is 6.33 Å². The molecule has 1 aliphatic carbocycles. The summed E-state index contributed by atoms with van der Waals surface area (Å²) < 4.78 is 11.6. The normalized spacial score (nSPS) is 20.6. The lowest BCUT2D eigenvalue weighted by atomic mass is 9.92. The van der Waals surface area contributed by atoms with Crippen molar-refractivity contribution in [1.82, 2.24) is 14.9 Å². The summed E-state index contributed by atoms with van der Waals surface area (Å²) in [4.78, 5) is 21.6. The zero-order valence-electron chi connectivity index (χ0n) is 14.4. The van der Waals surface area contributed by atoms with Crippen molar-refractivity contribution in [3.05, 3.63) is 24.7 Å². The third-order valence-electron chi connectivity index (χ3n) is 4.77. The first-order chi connectivity index (χ1) is 11.6. The van der Waals surface area contributed by atoms with Crippen molar-refractivity contribution in [1.29, 1.82) is 0 Å². The summed E-state index contributed by atoms with van der Waals surface area (Å²) in [5.74, 6) is 1.53. The maximum absolute atomic E-state index is 11.5. The lowest BCUT2D eigenvalue weighted by Crippen LogP contribution is -2.40. The average Bonchev–Trinajstić information content (AvgIpc) is 2.61. The highest BCUT2D eigenvalue weighted by Crippen LogP contribution is 2.34. The number of ether oxygens (including phenoxy) is 2. The van der Waals surface area contributed by atoms with Crippen LogP contribution in [0.1, 0.15) is 32.6 Å². The molecule has 2 aromatic rings. The third-order valence-corrected chi connectivity index (χ3v) is 4.77. The van der Waals surface area contributed by atoms with Gasteiger partial charge < -0.3 is 14.4 Å². The molecule has 0 bridgehead atoms. The first-order valence-corrected chi connectivity index (χ1v) is 8.26. The smallest absolute Gasteiger partial charge is 0.219 e. The second-order valence-corrected chi connectivity index (χ2v) is 6.26. The minimum Gasteiger partial charge on any atom is -0.493 e. The van der Waals surface area contributed by atoms with Crippen molar-refractivity contribution >= 4 is 16.8 Å². The molecule has 6 nitrogen and oxygen atoms in total. The fourth-order valence-electron chi connectivity index (χ4n) is 3.23. The van der Waals surface area contributed by atoms with Gasteiger partial charge >= 0.3 is 0 Å². The SMILES string of the molecule is COc1cc2ncncc2cc1OC1CCC(N(C)C(C)=O)CC1. The van der Waals surface area contributed by atoms with Crippen LogP contribution in [0.2, 0.25) is 0 Å². The molecule has 0 saturated heterocycles. The van der Waals surface area contributed by atoms with Gasteiger partial charge in [-0.05, 0) is 31.7 Å². The molecule has 0 unspecified atom stereocenters. The van der Waals surface area contributed by atoms with Crippen LogP contribution in [0.5, 0.6) is 11.5 Å². The summed E-state index contributed by atoms with van der Waals surface area (Å²) in [5.41, 5.74) is 0.834. The number of hydrogen-bond donors (Lipinski definition) is 0. The van der Waals surface area contributed by atoms with Crippen LogP contribution in [0.3, 0.4) is 0 Å². The molecular weight excluding hydrogens is 306 g/mol. The number of aromatic nitrogens is 2. The summed E-state index contributed by atoms with van der Waals surface area (Å²) >= 11 is 0. The van der Waals surface area contributed by atoms with Crippen molar-refractivity contribution in [2.24, 2.45) is 0 Å². The number of carbonyl (C=O) groups excluding carboxylic acids is 1. The molecule has 1 amide bonds. The van der Waals surface area contributed by atoms with Crippen molar-refractivity contribution in [3.63, 3.8) is 0 Å². The van der Waals surface area contributed by atoms with Gasteiger partial charge in [-0.15, -0.1) is 0 Å². The predicted molar refractivity (Wildman–Crippen MR) is 91.2 cm³/mol. The first kappa shape index (κ1) is 16.5. The van der Waals surface area contributed by atoms with Crippen LogP contribution >= 0.6 is 0 Å². The Labute approximate surface area is 141 Å². The Morgan fingerprint density at radius 1 is 1.21 bits per heavy atom. The van der Waals surface area contributed by atoms with E-state index in [0.717, 1.165) is 42.3 Å². The van der Waals surface area contributed by atoms with Crippen molar-refractivity contribution in [2.75, 3.05) is 14.2 Å². The van der Waals surface area contributed by atoms with Gasteiger partial charge in [-0.3, -0.25) is 4.79 Å². The maximum atomic E-state index is 11.5. The molecule has 1 aromatic heterocycles. The Balaban J connectivity index is 1.70. The monoisotopic (exact) mass is 329 g/mol. The summed E-state index contributed by atoms with van der Waals surface area (Å²) in [5, 5.41) is 0.929. The highest BCUT2D eigenvalue weighted by atomic mass is 16.5. The molecule has 1 fully saturated rings. The van der Waals surface area contributed by atoms with Gasteiger partial charge in [0.05, 0.1) is 18.7 Å². The second kappa shape index (κ2) is 7.03. The molecule has 0 atom stereocenters. The Morgan fingerprint density at radius 3 is 2.62 bits per heavy atom. The quantitative estimate of drug-likeness (QED) is 0.863. The Morgan fingerprint density at radius 2 is 1.96 bits per heavy atom. The van der Waals surface area contributed by atoms with Gasteiger partial charge in [-0.2, -0.15) is 0 Å². The van der Waals surface area contributed by atoms with Crippen molar-refractivity contribution in [2.45, 2.75) is 44.8 Å². The van der Waals surface area contributed by atoms with E-state index in [0.29, 0.717) is 11.8 Å². The molecular formula is C18H23N3O3. The highest BCUT2D eigenvalue weighted by molar-refractivity contribution is 5.81. The lowest BCUT2D eigenvalue weighted by molar-refractivity contribution is -0.130. The van der Waals surface area contributed by atoms with E-state index in [1.54, 1.807) is 20.2 Å². The molecule has 1 heterocycles. The highest BCUT2D eigenvalue weighted by Gasteiger charge is 2.26. The van der Waals surface area contributed by atoms with E-state index in [2.05, 4.69) is 9.97 Å². The fourth-order valence-corrected chi connectivity index (χ4v) is 3.23. The molecule has 128 valence electrons. The van der Waals surface area contributed by atoms with E-state index >= 15 is 0 Å². The molecule has 0 spiro atoms.